The summed E-state index contributed by atoms with van der Waals surface area (Å²) in [7, 11) is 1.45. The Bertz CT molecular complexity index is 1220. The number of imidazole rings is 1. The fourth-order valence-corrected chi connectivity index (χ4v) is 4.65. The lowest BCUT2D eigenvalue weighted by atomic mass is 9.85. The summed E-state index contributed by atoms with van der Waals surface area (Å²) in [6, 6.07) is 10.7. The van der Waals surface area contributed by atoms with Crippen molar-refractivity contribution < 1.29 is 13.9 Å². The van der Waals surface area contributed by atoms with Crippen LogP contribution in [0.25, 0.3) is 33.5 Å². The molecule has 31 heavy (non-hydrogen) atoms. The number of ether oxygens (including phenoxy) is 1. The fraction of sp³-hybridized carbons (Fsp3) is 0.292. The molecular weight excluding hydrogens is 395 g/mol. The Labute approximate surface area is 179 Å². The van der Waals surface area contributed by atoms with Gasteiger partial charge in [0.2, 0.25) is 0 Å². The molecule has 3 aromatic heterocycles. The number of hydrogen-bond donors (Lipinski definition) is 1. The van der Waals surface area contributed by atoms with E-state index in [4.69, 9.17) is 9.72 Å². The lowest BCUT2D eigenvalue weighted by Gasteiger charge is -2.29. The molecule has 1 aliphatic rings. The second-order valence-corrected chi connectivity index (χ2v) is 7.98. The van der Waals surface area contributed by atoms with Crippen LogP contribution in [0, 0.1) is 11.7 Å². The molecule has 158 valence electrons. The van der Waals surface area contributed by atoms with Crippen molar-refractivity contribution in [2.45, 2.75) is 31.7 Å². The molecule has 0 amide bonds. The van der Waals surface area contributed by atoms with Crippen LogP contribution >= 0.6 is 0 Å². The highest BCUT2D eigenvalue weighted by atomic mass is 19.1. The number of nitrogens with one attached hydrogen (secondary N) is 1. The predicted molar refractivity (Wildman–Crippen MR) is 116 cm³/mol. The molecule has 4 aromatic rings. The molecule has 1 N–H and O–H groups in total. The highest BCUT2D eigenvalue weighted by molar-refractivity contribution is 5.95. The number of fused-ring (bicyclic) bond motifs is 1. The first-order chi connectivity index (χ1) is 15.2. The van der Waals surface area contributed by atoms with Crippen molar-refractivity contribution in [3.63, 3.8) is 0 Å². The lowest BCUT2D eigenvalue weighted by Crippen LogP contribution is -2.24. The Balaban J connectivity index is 1.60. The molecule has 0 spiro atoms. The van der Waals surface area contributed by atoms with Crippen molar-refractivity contribution in [3.8, 4) is 22.5 Å². The van der Waals surface area contributed by atoms with Gasteiger partial charge in [0.1, 0.15) is 11.5 Å². The van der Waals surface area contributed by atoms with Crippen LogP contribution in [0.2, 0.25) is 0 Å². The molecule has 1 saturated carbocycles. The van der Waals surface area contributed by atoms with E-state index >= 15 is 0 Å². The predicted octanol–water partition coefficient (Wildman–Crippen LogP) is 5.14. The minimum Gasteiger partial charge on any atom is -0.469 e. The number of H-pyrrole nitrogens is 1. The second-order valence-electron chi connectivity index (χ2n) is 7.98. The number of halogens is 1. The minimum absolute atomic E-state index is 0.0397. The van der Waals surface area contributed by atoms with Gasteiger partial charge in [-0.3, -0.25) is 4.79 Å². The molecule has 1 aromatic carbocycles. The Morgan fingerprint density at radius 2 is 1.87 bits per heavy atom. The number of nitrogens with zero attached hydrogens (tertiary/aromatic N) is 3. The molecule has 1 fully saturated rings. The molecule has 7 heteroatoms. The highest BCUT2D eigenvalue weighted by Crippen LogP contribution is 2.40. The fourth-order valence-electron chi connectivity index (χ4n) is 4.65. The van der Waals surface area contributed by atoms with Crippen LogP contribution in [0.4, 0.5) is 4.39 Å². The van der Waals surface area contributed by atoms with Crippen LogP contribution < -0.4 is 0 Å². The first-order valence-corrected chi connectivity index (χ1v) is 10.5. The Morgan fingerprint density at radius 3 is 2.61 bits per heavy atom. The maximum atomic E-state index is 13.5. The number of methoxy groups -OCH3 is 1. The third kappa shape index (κ3) is 3.50. The average Bonchev–Trinajstić information content (AvgIpc) is 3.46. The molecule has 5 rings (SSSR count). The Kier molecular flexibility index (Phi) is 5.02. The van der Waals surface area contributed by atoms with E-state index in [1.165, 1.54) is 19.2 Å². The number of aromatic nitrogens is 4. The quantitative estimate of drug-likeness (QED) is 0.466. The first-order valence-electron chi connectivity index (χ1n) is 10.5. The van der Waals surface area contributed by atoms with Crippen LogP contribution in [0.5, 0.6) is 0 Å². The number of rotatable bonds is 4. The van der Waals surface area contributed by atoms with Gasteiger partial charge in [-0.1, -0.05) is 0 Å². The van der Waals surface area contributed by atoms with Crippen LogP contribution in [0.15, 0.2) is 55.1 Å². The summed E-state index contributed by atoms with van der Waals surface area (Å²) < 4.78 is 20.7. The number of aromatic amines is 1. The van der Waals surface area contributed by atoms with Gasteiger partial charge in [0, 0.05) is 34.9 Å². The van der Waals surface area contributed by atoms with Crippen LogP contribution in [0.3, 0.4) is 0 Å². The monoisotopic (exact) mass is 418 g/mol. The summed E-state index contributed by atoms with van der Waals surface area (Å²) in [5, 5.41) is 1.01. The summed E-state index contributed by atoms with van der Waals surface area (Å²) in [6.45, 7) is 0. The van der Waals surface area contributed by atoms with Gasteiger partial charge in [0.25, 0.3) is 0 Å². The van der Waals surface area contributed by atoms with Gasteiger partial charge < -0.3 is 14.3 Å². The van der Waals surface area contributed by atoms with Crippen LogP contribution in [0.1, 0.15) is 31.7 Å². The van der Waals surface area contributed by atoms with Crippen molar-refractivity contribution in [3.05, 3.63) is 60.9 Å². The summed E-state index contributed by atoms with van der Waals surface area (Å²) in [5.41, 5.74) is 4.49. The maximum Gasteiger partial charge on any atom is 0.308 e. The van der Waals surface area contributed by atoms with E-state index in [-0.39, 0.29) is 23.7 Å². The molecule has 0 unspecified atom stereocenters. The molecule has 3 heterocycles. The number of pyridine rings is 1. The van der Waals surface area contributed by atoms with Crippen molar-refractivity contribution in [2.75, 3.05) is 7.11 Å². The number of carbonyl (C=O) groups is 1. The zero-order valence-electron chi connectivity index (χ0n) is 17.2. The van der Waals surface area contributed by atoms with Gasteiger partial charge in [-0.15, -0.1) is 0 Å². The molecular formula is C24H23FN4O2. The smallest absolute Gasteiger partial charge is 0.308 e. The second kappa shape index (κ2) is 7.98. The van der Waals surface area contributed by atoms with E-state index in [2.05, 4.69) is 14.5 Å². The van der Waals surface area contributed by atoms with Gasteiger partial charge in [-0.05, 0) is 62.1 Å². The molecule has 0 aliphatic heterocycles. The zero-order valence-corrected chi connectivity index (χ0v) is 17.2. The van der Waals surface area contributed by atoms with Crippen molar-refractivity contribution >= 4 is 17.0 Å². The highest BCUT2D eigenvalue weighted by Gasteiger charge is 2.30. The third-order valence-electron chi connectivity index (χ3n) is 6.25. The van der Waals surface area contributed by atoms with Crippen molar-refractivity contribution in [2.24, 2.45) is 5.92 Å². The molecule has 0 atom stereocenters. The zero-order chi connectivity index (χ0) is 21.4. The standard InChI is InChI=1S/C24H23FN4O2/c1-31-24(30)16-4-8-18(9-5-16)29-14-28-21(15-2-6-17(25)7-3-15)22(29)19-10-12-26-23-20(19)11-13-27-23/h2-3,6-7,10-14,16,18H,4-5,8-9H2,1H3,(H,26,27)/t16-,18+. The maximum absolute atomic E-state index is 13.5. The topological polar surface area (TPSA) is 72.8 Å². The van der Waals surface area contributed by atoms with Gasteiger partial charge in [0.15, 0.2) is 0 Å². The van der Waals surface area contributed by atoms with Crippen molar-refractivity contribution in [1.82, 2.24) is 19.5 Å². The molecule has 0 bridgehead atoms. The average molecular weight is 418 g/mol. The lowest BCUT2D eigenvalue weighted by molar-refractivity contribution is -0.146. The Hall–Kier alpha value is -3.48. The van der Waals surface area contributed by atoms with Crippen LogP contribution in [-0.2, 0) is 9.53 Å². The van der Waals surface area contributed by atoms with E-state index in [9.17, 15) is 9.18 Å². The van der Waals surface area contributed by atoms with E-state index in [1.807, 2.05) is 24.7 Å². The molecule has 6 nitrogen and oxygen atoms in total. The Morgan fingerprint density at radius 1 is 1.10 bits per heavy atom. The SMILES string of the molecule is COC(=O)[C@H]1CC[C@@H](n2cnc(-c3ccc(F)cc3)c2-c2ccnc3[nH]ccc23)CC1. The van der Waals surface area contributed by atoms with E-state index in [1.54, 1.807) is 18.3 Å². The van der Waals surface area contributed by atoms with Gasteiger partial charge in [0.05, 0.1) is 30.7 Å². The van der Waals surface area contributed by atoms with Crippen molar-refractivity contribution in [1.29, 1.82) is 0 Å². The molecule has 1 aliphatic carbocycles. The number of esters is 1. The molecule has 0 radical (unpaired) electrons. The van der Waals surface area contributed by atoms with E-state index in [0.717, 1.165) is 59.2 Å². The normalized spacial score (nSPS) is 18.9. The number of hydrogen-bond acceptors (Lipinski definition) is 4. The number of carbonyl (C=O) groups excluding carboxylic acids is 1. The third-order valence-corrected chi connectivity index (χ3v) is 6.25. The number of benzene rings is 1. The summed E-state index contributed by atoms with van der Waals surface area (Å²) in [6.07, 6.45) is 8.85. The van der Waals surface area contributed by atoms with Gasteiger partial charge >= 0.3 is 5.97 Å². The summed E-state index contributed by atoms with van der Waals surface area (Å²) in [5.74, 6) is -0.440. The summed E-state index contributed by atoms with van der Waals surface area (Å²) in [4.78, 5) is 24.3. The van der Waals surface area contributed by atoms with E-state index in [0.29, 0.717) is 0 Å². The largest absolute Gasteiger partial charge is 0.469 e. The first kappa shape index (κ1) is 19.5. The van der Waals surface area contributed by atoms with Gasteiger partial charge in [-0.25, -0.2) is 14.4 Å². The van der Waals surface area contributed by atoms with E-state index < -0.39 is 0 Å². The van der Waals surface area contributed by atoms with Crippen LogP contribution in [-0.4, -0.2) is 32.6 Å². The summed E-state index contributed by atoms with van der Waals surface area (Å²) >= 11 is 0. The minimum atomic E-state index is -0.275. The molecule has 0 saturated heterocycles. The van der Waals surface area contributed by atoms with Gasteiger partial charge in [-0.2, -0.15) is 0 Å².